The number of nitrogens with one attached hydrogen (secondary N) is 2. The summed E-state index contributed by atoms with van der Waals surface area (Å²) in [5, 5.41) is 14.2. The number of rotatable bonds is 5. The maximum absolute atomic E-state index is 12.3. The van der Waals surface area contributed by atoms with Gasteiger partial charge in [0.2, 0.25) is 0 Å². The highest BCUT2D eigenvalue weighted by Gasteiger charge is 2.11. The normalized spacial score (nSPS) is 11.6. The number of hydrogen-bond acceptors (Lipinski definition) is 4. The first-order valence-corrected chi connectivity index (χ1v) is 8.64. The molecule has 6 heteroatoms. The lowest BCUT2D eigenvalue weighted by molar-refractivity contribution is 0.102. The first-order valence-electron chi connectivity index (χ1n) is 7.84. The van der Waals surface area contributed by atoms with Gasteiger partial charge in [0, 0.05) is 10.5 Å². The van der Waals surface area contributed by atoms with Gasteiger partial charge in [-0.3, -0.25) is 4.79 Å². The number of halogens is 1. The largest absolute Gasteiger partial charge is 0.362 e. The van der Waals surface area contributed by atoms with Gasteiger partial charge < -0.3 is 10.6 Å². The molecule has 0 saturated carbocycles. The summed E-state index contributed by atoms with van der Waals surface area (Å²) in [4.78, 5) is 12.3. The van der Waals surface area contributed by atoms with E-state index in [1.165, 1.54) is 0 Å². The highest BCUT2D eigenvalue weighted by atomic mass is 79.9. The van der Waals surface area contributed by atoms with Crippen LogP contribution in [0.15, 0.2) is 71.2 Å². The van der Waals surface area contributed by atoms with E-state index in [0.29, 0.717) is 17.2 Å². The maximum Gasteiger partial charge on any atom is 0.258 e. The lowest BCUT2D eigenvalue weighted by Crippen LogP contribution is -2.14. The van der Waals surface area contributed by atoms with Crippen molar-refractivity contribution in [2.24, 2.45) is 0 Å². The molecule has 0 bridgehead atoms. The average molecular weight is 397 g/mol. The van der Waals surface area contributed by atoms with Crippen LogP contribution in [0.2, 0.25) is 0 Å². The van der Waals surface area contributed by atoms with Crippen LogP contribution < -0.4 is 10.6 Å². The zero-order valence-electron chi connectivity index (χ0n) is 13.6. The second kappa shape index (κ2) is 7.90. The van der Waals surface area contributed by atoms with E-state index >= 15 is 0 Å². The van der Waals surface area contributed by atoms with Crippen molar-refractivity contribution in [1.29, 1.82) is 0 Å². The van der Waals surface area contributed by atoms with Crippen LogP contribution in [0, 0.1) is 0 Å². The molecule has 2 aromatic carbocycles. The second-order valence-electron chi connectivity index (χ2n) is 5.51. The molecule has 25 heavy (non-hydrogen) atoms. The fourth-order valence-electron chi connectivity index (χ4n) is 2.35. The summed E-state index contributed by atoms with van der Waals surface area (Å²) in [6.45, 7) is 2.06. The molecule has 0 fully saturated rings. The van der Waals surface area contributed by atoms with Crippen molar-refractivity contribution in [1.82, 2.24) is 10.2 Å². The van der Waals surface area contributed by atoms with Crippen molar-refractivity contribution in [2.45, 2.75) is 13.0 Å². The van der Waals surface area contributed by atoms with Crippen LogP contribution in [0.3, 0.4) is 0 Å². The van der Waals surface area contributed by atoms with Crippen LogP contribution in [-0.4, -0.2) is 16.1 Å². The Morgan fingerprint density at radius 3 is 2.24 bits per heavy atom. The molecule has 1 amide bonds. The Morgan fingerprint density at radius 1 is 0.920 bits per heavy atom. The number of benzene rings is 2. The molecule has 5 nitrogen and oxygen atoms in total. The number of aromatic nitrogens is 2. The molecule has 1 unspecified atom stereocenters. The molecule has 0 spiro atoms. The van der Waals surface area contributed by atoms with Crippen LogP contribution in [-0.2, 0) is 0 Å². The van der Waals surface area contributed by atoms with Gasteiger partial charge in [0.05, 0.1) is 5.56 Å². The zero-order valence-corrected chi connectivity index (χ0v) is 15.2. The Kier molecular flexibility index (Phi) is 5.40. The van der Waals surface area contributed by atoms with Crippen molar-refractivity contribution in [2.75, 3.05) is 10.6 Å². The number of amides is 1. The van der Waals surface area contributed by atoms with Gasteiger partial charge in [0.1, 0.15) is 5.82 Å². The van der Waals surface area contributed by atoms with Crippen LogP contribution in [0.5, 0.6) is 0 Å². The molecule has 0 radical (unpaired) electrons. The highest BCUT2D eigenvalue weighted by Crippen LogP contribution is 2.19. The number of carbonyl (C=O) groups is 1. The minimum atomic E-state index is -0.236. The van der Waals surface area contributed by atoms with Crippen molar-refractivity contribution in [3.05, 3.63) is 82.3 Å². The first kappa shape index (κ1) is 17.1. The Bertz CT molecular complexity index is 853. The third-order valence-electron chi connectivity index (χ3n) is 3.69. The summed E-state index contributed by atoms with van der Waals surface area (Å²) in [6, 6.07) is 20.9. The van der Waals surface area contributed by atoms with Crippen molar-refractivity contribution < 1.29 is 4.79 Å². The topological polar surface area (TPSA) is 66.9 Å². The van der Waals surface area contributed by atoms with Crippen molar-refractivity contribution >= 4 is 33.5 Å². The summed E-state index contributed by atoms with van der Waals surface area (Å²) < 4.78 is 0.732. The van der Waals surface area contributed by atoms with Gasteiger partial charge in [-0.2, -0.15) is 0 Å². The molecule has 3 rings (SSSR count). The quantitative estimate of drug-likeness (QED) is 0.657. The van der Waals surface area contributed by atoms with Gasteiger partial charge in [-0.15, -0.1) is 10.2 Å². The molecule has 1 atom stereocenters. The molecule has 2 N–H and O–H groups in total. The van der Waals surface area contributed by atoms with Gasteiger partial charge in [0.15, 0.2) is 5.82 Å². The van der Waals surface area contributed by atoms with Crippen molar-refractivity contribution in [3.8, 4) is 0 Å². The van der Waals surface area contributed by atoms with Crippen LogP contribution in [0.4, 0.5) is 11.6 Å². The average Bonchev–Trinajstić information content (AvgIpc) is 2.64. The fourth-order valence-corrected chi connectivity index (χ4v) is 2.82. The summed E-state index contributed by atoms with van der Waals surface area (Å²) in [7, 11) is 0. The van der Waals surface area contributed by atoms with Gasteiger partial charge in [0.25, 0.3) is 5.91 Å². The van der Waals surface area contributed by atoms with Gasteiger partial charge in [-0.25, -0.2) is 0 Å². The van der Waals surface area contributed by atoms with Gasteiger partial charge in [-0.05, 0) is 52.7 Å². The van der Waals surface area contributed by atoms with Crippen LogP contribution in [0.1, 0.15) is 28.9 Å². The third-order valence-corrected chi connectivity index (χ3v) is 4.38. The number of nitrogens with zero attached hydrogens (tertiary/aromatic N) is 2. The predicted octanol–water partition coefficient (Wildman–Crippen LogP) is 4.66. The predicted molar refractivity (Wildman–Crippen MR) is 103 cm³/mol. The fraction of sp³-hybridized carbons (Fsp3) is 0.105. The molecule has 0 aliphatic rings. The molecular weight excluding hydrogens is 380 g/mol. The maximum atomic E-state index is 12.3. The minimum Gasteiger partial charge on any atom is -0.362 e. The summed E-state index contributed by atoms with van der Waals surface area (Å²) in [5.41, 5.74) is 1.71. The number of carbonyl (C=O) groups excluding carboxylic acids is 1. The smallest absolute Gasteiger partial charge is 0.258 e. The first-order chi connectivity index (χ1) is 12.1. The molecule has 0 aliphatic heterocycles. The molecule has 126 valence electrons. The van der Waals surface area contributed by atoms with E-state index in [1.54, 1.807) is 18.2 Å². The zero-order chi connectivity index (χ0) is 17.6. The lowest BCUT2D eigenvalue weighted by atomic mass is 10.1. The van der Waals surface area contributed by atoms with E-state index in [-0.39, 0.29) is 11.9 Å². The highest BCUT2D eigenvalue weighted by molar-refractivity contribution is 9.10. The van der Waals surface area contributed by atoms with E-state index in [4.69, 9.17) is 0 Å². The number of hydrogen-bond donors (Lipinski definition) is 2. The standard InChI is InChI=1S/C19H17BrN4O/c1-13(14-7-3-2-4-8-14)21-17-11-12-18(24-23-17)22-19(25)15-9-5-6-10-16(15)20/h2-13H,1H3,(H,21,23)(H,22,24,25). The van der Waals surface area contributed by atoms with Crippen molar-refractivity contribution in [3.63, 3.8) is 0 Å². The second-order valence-corrected chi connectivity index (χ2v) is 6.37. The van der Waals surface area contributed by atoms with E-state index < -0.39 is 0 Å². The van der Waals surface area contributed by atoms with Crippen LogP contribution in [0.25, 0.3) is 0 Å². The Hall–Kier alpha value is -2.73. The summed E-state index contributed by atoms with van der Waals surface area (Å²) in [5.74, 6) is 0.814. The van der Waals surface area contributed by atoms with Gasteiger partial charge >= 0.3 is 0 Å². The van der Waals surface area contributed by atoms with E-state index in [1.807, 2.05) is 36.4 Å². The van der Waals surface area contributed by atoms with Crippen LogP contribution >= 0.6 is 15.9 Å². The summed E-state index contributed by atoms with van der Waals surface area (Å²) >= 11 is 3.36. The molecule has 1 heterocycles. The Labute approximate surface area is 154 Å². The SMILES string of the molecule is CC(Nc1ccc(NC(=O)c2ccccc2Br)nn1)c1ccccc1. The third kappa shape index (κ3) is 4.42. The Balaban J connectivity index is 1.64. The molecule has 3 aromatic rings. The monoisotopic (exact) mass is 396 g/mol. The summed E-state index contributed by atoms with van der Waals surface area (Å²) in [6.07, 6.45) is 0. The van der Waals surface area contributed by atoms with E-state index in [0.717, 1.165) is 10.0 Å². The van der Waals surface area contributed by atoms with E-state index in [2.05, 4.69) is 55.8 Å². The molecular formula is C19H17BrN4O. The van der Waals surface area contributed by atoms with E-state index in [9.17, 15) is 4.79 Å². The lowest BCUT2D eigenvalue weighted by Gasteiger charge is -2.14. The minimum absolute atomic E-state index is 0.108. The Morgan fingerprint density at radius 2 is 1.56 bits per heavy atom. The molecule has 0 saturated heterocycles. The molecule has 0 aliphatic carbocycles. The van der Waals surface area contributed by atoms with Gasteiger partial charge in [-0.1, -0.05) is 42.5 Å². The molecule has 1 aromatic heterocycles. The number of anilines is 2.